The number of nitrogens with zero attached hydrogens (tertiary/aromatic N) is 2. The quantitative estimate of drug-likeness (QED) is 0.793. The molecule has 0 atom stereocenters. The number of anilines is 1. The molecule has 1 aliphatic carbocycles. The summed E-state index contributed by atoms with van der Waals surface area (Å²) < 4.78 is 0. The summed E-state index contributed by atoms with van der Waals surface area (Å²) in [6, 6.07) is 10.8. The summed E-state index contributed by atoms with van der Waals surface area (Å²) in [6.45, 7) is 2.98. The van der Waals surface area contributed by atoms with Crippen LogP contribution in [0, 0.1) is 0 Å². The van der Waals surface area contributed by atoms with Crippen LogP contribution in [0.25, 0.3) is 10.2 Å². The molecule has 0 fully saturated rings. The lowest BCUT2D eigenvalue weighted by molar-refractivity contribution is 0.688. The SMILES string of the molecule is CCNc1nc(C2Cc3ccccc3C2)nc2sccc12. The third-order valence-corrected chi connectivity index (χ3v) is 4.91. The first-order chi connectivity index (χ1) is 10.3. The van der Waals surface area contributed by atoms with E-state index in [2.05, 4.69) is 48.0 Å². The van der Waals surface area contributed by atoms with Crippen molar-refractivity contribution in [3.8, 4) is 0 Å². The van der Waals surface area contributed by atoms with Crippen molar-refractivity contribution in [1.82, 2.24) is 9.97 Å². The zero-order valence-electron chi connectivity index (χ0n) is 12.0. The van der Waals surface area contributed by atoms with E-state index < -0.39 is 0 Å². The molecular weight excluding hydrogens is 278 g/mol. The number of hydrogen-bond donors (Lipinski definition) is 1. The van der Waals surface area contributed by atoms with E-state index in [0.717, 1.165) is 41.2 Å². The monoisotopic (exact) mass is 295 g/mol. The van der Waals surface area contributed by atoms with Gasteiger partial charge in [-0.2, -0.15) is 0 Å². The summed E-state index contributed by atoms with van der Waals surface area (Å²) in [4.78, 5) is 10.7. The summed E-state index contributed by atoms with van der Waals surface area (Å²) in [5.74, 6) is 2.37. The van der Waals surface area contributed by atoms with Gasteiger partial charge >= 0.3 is 0 Å². The summed E-state index contributed by atoms with van der Waals surface area (Å²) >= 11 is 1.69. The summed E-state index contributed by atoms with van der Waals surface area (Å²) in [6.07, 6.45) is 2.11. The molecule has 0 bridgehead atoms. The van der Waals surface area contributed by atoms with Gasteiger partial charge in [-0.15, -0.1) is 11.3 Å². The summed E-state index contributed by atoms with van der Waals surface area (Å²) in [5.41, 5.74) is 2.89. The number of rotatable bonds is 3. The van der Waals surface area contributed by atoms with Crippen molar-refractivity contribution in [2.45, 2.75) is 25.7 Å². The Kier molecular flexibility index (Phi) is 3.11. The van der Waals surface area contributed by atoms with Crippen LogP contribution in [0.5, 0.6) is 0 Å². The van der Waals surface area contributed by atoms with Gasteiger partial charge in [-0.25, -0.2) is 9.97 Å². The van der Waals surface area contributed by atoms with Crippen molar-refractivity contribution in [2.24, 2.45) is 0 Å². The number of nitrogens with one attached hydrogen (secondary N) is 1. The summed E-state index contributed by atoms with van der Waals surface area (Å²) in [7, 11) is 0. The Morgan fingerprint density at radius 2 is 1.90 bits per heavy atom. The second-order valence-electron chi connectivity index (χ2n) is 5.47. The van der Waals surface area contributed by atoms with Crippen LogP contribution in [0.3, 0.4) is 0 Å². The Labute approximate surface area is 128 Å². The van der Waals surface area contributed by atoms with Crippen molar-refractivity contribution in [1.29, 1.82) is 0 Å². The highest BCUT2D eigenvalue weighted by molar-refractivity contribution is 7.16. The van der Waals surface area contributed by atoms with E-state index >= 15 is 0 Å². The molecule has 0 spiro atoms. The van der Waals surface area contributed by atoms with E-state index in [-0.39, 0.29) is 0 Å². The van der Waals surface area contributed by atoms with Crippen LogP contribution in [-0.2, 0) is 12.8 Å². The highest BCUT2D eigenvalue weighted by atomic mass is 32.1. The van der Waals surface area contributed by atoms with Gasteiger partial charge in [-0.05, 0) is 42.3 Å². The van der Waals surface area contributed by atoms with Gasteiger partial charge in [0.1, 0.15) is 16.5 Å². The molecule has 106 valence electrons. The van der Waals surface area contributed by atoms with Crippen LogP contribution in [0.15, 0.2) is 35.7 Å². The third-order valence-electron chi connectivity index (χ3n) is 4.10. The summed E-state index contributed by atoms with van der Waals surface area (Å²) in [5, 5.41) is 6.61. The minimum Gasteiger partial charge on any atom is -0.370 e. The Hall–Kier alpha value is -1.94. The van der Waals surface area contributed by atoms with Gasteiger partial charge in [0.2, 0.25) is 0 Å². The van der Waals surface area contributed by atoms with Crippen LogP contribution in [0.2, 0.25) is 0 Å². The predicted octanol–water partition coefficient (Wildman–Crippen LogP) is 4.01. The Balaban J connectivity index is 1.74. The number of hydrogen-bond acceptors (Lipinski definition) is 4. The number of benzene rings is 1. The first kappa shape index (κ1) is 12.8. The predicted molar refractivity (Wildman–Crippen MR) is 88.2 cm³/mol. The lowest BCUT2D eigenvalue weighted by atomic mass is 10.1. The van der Waals surface area contributed by atoms with E-state index in [1.807, 2.05) is 0 Å². The highest BCUT2D eigenvalue weighted by Gasteiger charge is 2.25. The maximum Gasteiger partial charge on any atom is 0.138 e. The largest absolute Gasteiger partial charge is 0.370 e. The van der Waals surface area contributed by atoms with Crippen LogP contribution in [-0.4, -0.2) is 16.5 Å². The van der Waals surface area contributed by atoms with E-state index in [1.54, 1.807) is 11.3 Å². The minimum atomic E-state index is 0.409. The molecule has 21 heavy (non-hydrogen) atoms. The molecular formula is C17H17N3S. The first-order valence-corrected chi connectivity index (χ1v) is 8.29. The van der Waals surface area contributed by atoms with Crippen LogP contribution in [0.4, 0.5) is 5.82 Å². The van der Waals surface area contributed by atoms with Crippen molar-refractivity contribution >= 4 is 27.4 Å². The average Bonchev–Trinajstić information content (AvgIpc) is 3.13. The molecule has 0 amide bonds. The van der Waals surface area contributed by atoms with Gasteiger partial charge in [0.05, 0.1) is 5.39 Å². The van der Waals surface area contributed by atoms with E-state index in [9.17, 15) is 0 Å². The fourth-order valence-electron chi connectivity index (χ4n) is 3.10. The molecule has 4 rings (SSSR count). The molecule has 2 aromatic heterocycles. The van der Waals surface area contributed by atoms with Crippen molar-refractivity contribution in [3.63, 3.8) is 0 Å². The molecule has 0 unspecified atom stereocenters. The maximum atomic E-state index is 4.81. The smallest absolute Gasteiger partial charge is 0.138 e. The van der Waals surface area contributed by atoms with Gasteiger partial charge in [0.15, 0.2) is 0 Å². The van der Waals surface area contributed by atoms with Gasteiger partial charge in [-0.1, -0.05) is 24.3 Å². The second kappa shape index (κ2) is 5.11. The molecule has 0 radical (unpaired) electrons. The number of aromatic nitrogens is 2. The standard InChI is InChI=1S/C17H17N3S/c1-2-18-16-14-7-8-21-17(14)20-15(19-16)13-9-11-5-3-4-6-12(11)10-13/h3-8,13H,2,9-10H2,1H3,(H,18,19,20). The van der Waals surface area contributed by atoms with Crippen molar-refractivity contribution < 1.29 is 0 Å². The van der Waals surface area contributed by atoms with E-state index in [4.69, 9.17) is 9.97 Å². The maximum absolute atomic E-state index is 4.81. The topological polar surface area (TPSA) is 37.8 Å². The zero-order chi connectivity index (χ0) is 14.2. The van der Waals surface area contributed by atoms with Crippen molar-refractivity contribution in [3.05, 3.63) is 52.7 Å². The van der Waals surface area contributed by atoms with Gasteiger partial charge in [-0.3, -0.25) is 0 Å². The molecule has 1 aliphatic rings. The van der Waals surface area contributed by atoms with Crippen LogP contribution >= 0.6 is 11.3 Å². The Morgan fingerprint density at radius 1 is 1.14 bits per heavy atom. The first-order valence-electron chi connectivity index (χ1n) is 7.41. The highest BCUT2D eigenvalue weighted by Crippen LogP contribution is 2.34. The molecule has 1 N–H and O–H groups in total. The zero-order valence-corrected chi connectivity index (χ0v) is 12.8. The molecule has 3 nitrogen and oxygen atoms in total. The van der Waals surface area contributed by atoms with Gasteiger partial charge in [0, 0.05) is 12.5 Å². The van der Waals surface area contributed by atoms with E-state index in [0.29, 0.717) is 5.92 Å². The normalized spacial score (nSPS) is 14.5. The fraction of sp³-hybridized carbons (Fsp3) is 0.294. The molecule has 0 saturated heterocycles. The second-order valence-corrected chi connectivity index (χ2v) is 6.37. The molecule has 1 aromatic carbocycles. The Morgan fingerprint density at radius 3 is 2.62 bits per heavy atom. The van der Waals surface area contributed by atoms with Crippen molar-refractivity contribution in [2.75, 3.05) is 11.9 Å². The minimum absolute atomic E-state index is 0.409. The molecule has 0 aliphatic heterocycles. The molecule has 2 heterocycles. The average molecular weight is 295 g/mol. The van der Waals surface area contributed by atoms with E-state index in [1.165, 1.54) is 11.1 Å². The van der Waals surface area contributed by atoms with Crippen LogP contribution < -0.4 is 5.32 Å². The number of thiophene rings is 1. The third kappa shape index (κ3) is 2.20. The lowest BCUT2D eigenvalue weighted by Gasteiger charge is -2.11. The fourth-order valence-corrected chi connectivity index (χ4v) is 3.87. The molecule has 0 saturated carbocycles. The van der Waals surface area contributed by atoms with Gasteiger partial charge < -0.3 is 5.32 Å². The number of fused-ring (bicyclic) bond motifs is 2. The lowest BCUT2D eigenvalue weighted by Crippen LogP contribution is -2.08. The molecule has 4 heteroatoms. The molecule has 3 aromatic rings. The Bertz CT molecular complexity index is 769. The van der Waals surface area contributed by atoms with Crippen LogP contribution in [0.1, 0.15) is 29.8 Å². The van der Waals surface area contributed by atoms with Gasteiger partial charge in [0.25, 0.3) is 0 Å².